The largest absolute Gasteiger partial charge is 0.480 e. The molecule has 1 atom stereocenters. The van der Waals surface area contributed by atoms with Crippen LogP contribution in [-0.4, -0.2) is 36.4 Å². The van der Waals surface area contributed by atoms with Gasteiger partial charge in [-0.15, -0.1) is 0 Å². The fourth-order valence-corrected chi connectivity index (χ4v) is 3.02. The van der Waals surface area contributed by atoms with Crippen molar-refractivity contribution in [3.05, 3.63) is 58.1 Å². The van der Waals surface area contributed by atoms with Crippen LogP contribution >= 0.6 is 23.2 Å². The first-order chi connectivity index (χ1) is 11.9. The topological polar surface area (TPSA) is 58.6 Å². The number of likely N-dealkylation sites (N-methyl/N-ethyl adjacent to an activating group) is 1. The van der Waals surface area contributed by atoms with Gasteiger partial charge in [0.1, 0.15) is 5.75 Å². The summed E-state index contributed by atoms with van der Waals surface area (Å²) in [5.41, 5.74) is 1.40. The van der Waals surface area contributed by atoms with Crippen LogP contribution in [0.15, 0.2) is 42.5 Å². The van der Waals surface area contributed by atoms with Gasteiger partial charge in [-0.3, -0.25) is 9.59 Å². The fraction of sp³-hybridized carbons (Fsp3) is 0.222. The van der Waals surface area contributed by atoms with Gasteiger partial charge in [-0.2, -0.15) is 0 Å². The van der Waals surface area contributed by atoms with Crippen molar-refractivity contribution in [2.45, 2.75) is 12.5 Å². The molecule has 1 aliphatic heterocycles. The number of carbonyl (C=O) groups is 2. The van der Waals surface area contributed by atoms with Crippen LogP contribution in [-0.2, 0) is 16.0 Å². The number of anilines is 1. The van der Waals surface area contributed by atoms with Crippen LogP contribution in [0, 0.1) is 0 Å². The van der Waals surface area contributed by atoms with Crippen LogP contribution < -0.4 is 10.1 Å². The summed E-state index contributed by atoms with van der Waals surface area (Å²) in [6.45, 7) is -0.0962. The van der Waals surface area contributed by atoms with Crippen molar-refractivity contribution in [1.82, 2.24) is 4.90 Å². The number of nitrogens with zero attached hydrogens (tertiary/aromatic N) is 1. The first kappa shape index (κ1) is 17.6. The second kappa shape index (κ2) is 7.33. The van der Waals surface area contributed by atoms with Gasteiger partial charge in [0.05, 0.1) is 17.3 Å². The molecule has 0 aromatic heterocycles. The maximum absolute atomic E-state index is 12.5. The molecule has 0 saturated heterocycles. The van der Waals surface area contributed by atoms with Crippen LogP contribution in [0.5, 0.6) is 5.75 Å². The van der Waals surface area contributed by atoms with E-state index in [1.165, 1.54) is 4.90 Å². The second-order valence-electron chi connectivity index (χ2n) is 5.78. The molecule has 7 heteroatoms. The molecule has 1 unspecified atom stereocenters. The van der Waals surface area contributed by atoms with Gasteiger partial charge in [-0.1, -0.05) is 35.3 Å². The lowest BCUT2D eigenvalue weighted by Crippen LogP contribution is -2.42. The molecule has 130 valence electrons. The SMILES string of the molecule is CN(CC(=O)Nc1ccccc1Cl)C(=O)C1Cc2cc(Cl)ccc2O1. The zero-order chi connectivity index (χ0) is 18.0. The zero-order valence-electron chi connectivity index (χ0n) is 13.5. The van der Waals surface area contributed by atoms with Crippen molar-refractivity contribution in [2.75, 3.05) is 18.9 Å². The highest BCUT2D eigenvalue weighted by Gasteiger charge is 2.31. The monoisotopic (exact) mass is 378 g/mol. The van der Waals surface area contributed by atoms with Crippen molar-refractivity contribution >= 4 is 40.7 Å². The van der Waals surface area contributed by atoms with Crippen LogP contribution in [0.2, 0.25) is 10.0 Å². The van der Waals surface area contributed by atoms with E-state index < -0.39 is 6.10 Å². The fourth-order valence-electron chi connectivity index (χ4n) is 2.65. The van der Waals surface area contributed by atoms with E-state index in [0.29, 0.717) is 27.9 Å². The van der Waals surface area contributed by atoms with Crippen LogP contribution in [0.3, 0.4) is 0 Å². The Balaban J connectivity index is 1.58. The van der Waals surface area contributed by atoms with Crippen molar-refractivity contribution in [3.63, 3.8) is 0 Å². The van der Waals surface area contributed by atoms with Gasteiger partial charge in [0.15, 0.2) is 6.10 Å². The number of halogens is 2. The molecular weight excluding hydrogens is 363 g/mol. The quantitative estimate of drug-likeness (QED) is 0.886. The first-order valence-electron chi connectivity index (χ1n) is 7.68. The van der Waals surface area contributed by atoms with Gasteiger partial charge in [-0.25, -0.2) is 0 Å². The van der Waals surface area contributed by atoms with E-state index >= 15 is 0 Å². The lowest BCUT2D eigenvalue weighted by molar-refractivity contribution is -0.139. The molecule has 0 fully saturated rings. The summed E-state index contributed by atoms with van der Waals surface area (Å²) < 4.78 is 5.66. The molecule has 0 spiro atoms. The minimum absolute atomic E-state index is 0.0962. The number of carbonyl (C=O) groups excluding carboxylic acids is 2. The van der Waals surface area contributed by atoms with Gasteiger partial charge >= 0.3 is 0 Å². The Morgan fingerprint density at radius 3 is 2.76 bits per heavy atom. The van der Waals surface area contributed by atoms with Gasteiger partial charge in [-0.05, 0) is 35.9 Å². The standard InChI is InChI=1S/C18H16Cl2N2O3/c1-22(10-17(23)21-14-5-3-2-4-13(14)20)18(24)16-9-11-8-12(19)6-7-15(11)25-16/h2-8,16H,9-10H2,1H3,(H,21,23). The number of ether oxygens (including phenoxy) is 1. The normalized spacial score (nSPS) is 15.2. The highest BCUT2D eigenvalue weighted by Crippen LogP contribution is 2.31. The molecule has 25 heavy (non-hydrogen) atoms. The summed E-state index contributed by atoms with van der Waals surface area (Å²) in [6.07, 6.45) is -0.211. The minimum atomic E-state index is -0.647. The number of amides is 2. The number of fused-ring (bicyclic) bond motifs is 1. The van der Waals surface area contributed by atoms with Gasteiger partial charge < -0.3 is 15.0 Å². The van der Waals surface area contributed by atoms with Crippen molar-refractivity contribution < 1.29 is 14.3 Å². The van der Waals surface area contributed by atoms with E-state index in [1.54, 1.807) is 49.5 Å². The summed E-state index contributed by atoms with van der Waals surface area (Å²) in [6, 6.07) is 12.2. The third-order valence-corrected chi connectivity index (χ3v) is 4.44. The zero-order valence-corrected chi connectivity index (χ0v) is 15.0. The molecule has 0 aliphatic carbocycles. The van der Waals surface area contributed by atoms with Gasteiger partial charge in [0.2, 0.25) is 5.91 Å². The molecule has 0 bridgehead atoms. The minimum Gasteiger partial charge on any atom is -0.480 e. The number of hydrogen-bond acceptors (Lipinski definition) is 3. The summed E-state index contributed by atoms with van der Waals surface area (Å²) in [4.78, 5) is 26.0. The van der Waals surface area contributed by atoms with Crippen molar-refractivity contribution in [1.29, 1.82) is 0 Å². The Morgan fingerprint density at radius 1 is 1.24 bits per heavy atom. The van der Waals surface area contributed by atoms with E-state index in [1.807, 2.05) is 0 Å². The average Bonchev–Trinajstić information content (AvgIpc) is 2.99. The summed E-state index contributed by atoms with van der Waals surface area (Å²) >= 11 is 12.0. The highest BCUT2D eigenvalue weighted by molar-refractivity contribution is 6.33. The molecule has 2 aromatic rings. The number of benzene rings is 2. The number of nitrogens with one attached hydrogen (secondary N) is 1. The molecule has 2 aromatic carbocycles. The summed E-state index contributed by atoms with van der Waals surface area (Å²) in [5, 5.41) is 3.73. The Morgan fingerprint density at radius 2 is 2.00 bits per heavy atom. The molecular formula is C18H16Cl2N2O3. The smallest absolute Gasteiger partial charge is 0.264 e. The number of rotatable bonds is 4. The molecule has 0 radical (unpaired) electrons. The van der Waals surface area contributed by atoms with E-state index in [2.05, 4.69) is 5.32 Å². The molecule has 1 aliphatic rings. The molecule has 5 nitrogen and oxygen atoms in total. The molecule has 2 amide bonds. The van der Waals surface area contributed by atoms with Crippen molar-refractivity contribution in [2.24, 2.45) is 0 Å². The highest BCUT2D eigenvalue weighted by atomic mass is 35.5. The van der Waals surface area contributed by atoms with E-state index in [9.17, 15) is 9.59 Å². The predicted octanol–water partition coefficient (Wildman–Crippen LogP) is 3.39. The Labute approximate surface area is 155 Å². The maximum Gasteiger partial charge on any atom is 0.264 e. The molecule has 1 N–H and O–H groups in total. The lowest BCUT2D eigenvalue weighted by Gasteiger charge is -2.20. The predicted molar refractivity (Wildman–Crippen MR) is 97.3 cm³/mol. The molecule has 0 saturated carbocycles. The van der Waals surface area contributed by atoms with E-state index in [-0.39, 0.29) is 18.4 Å². The maximum atomic E-state index is 12.5. The third kappa shape index (κ3) is 4.06. The van der Waals surface area contributed by atoms with Gasteiger partial charge in [0.25, 0.3) is 5.91 Å². The third-order valence-electron chi connectivity index (χ3n) is 3.88. The average molecular weight is 379 g/mol. The lowest BCUT2D eigenvalue weighted by atomic mass is 10.1. The van der Waals surface area contributed by atoms with Crippen LogP contribution in [0.4, 0.5) is 5.69 Å². The van der Waals surface area contributed by atoms with E-state index in [0.717, 1.165) is 5.56 Å². The second-order valence-corrected chi connectivity index (χ2v) is 6.63. The Kier molecular flexibility index (Phi) is 5.16. The molecule has 3 rings (SSSR count). The van der Waals surface area contributed by atoms with Crippen LogP contribution in [0.1, 0.15) is 5.56 Å². The first-order valence-corrected chi connectivity index (χ1v) is 8.44. The number of para-hydroxylation sites is 1. The summed E-state index contributed by atoms with van der Waals surface area (Å²) in [7, 11) is 1.56. The van der Waals surface area contributed by atoms with Crippen molar-refractivity contribution in [3.8, 4) is 5.75 Å². The van der Waals surface area contributed by atoms with Crippen LogP contribution in [0.25, 0.3) is 0 Å². The Bertz CT molecular complexity index is 826. The van der Waals surface area contributed by atoms with E-state index in [4.69, 9.17) is 27.9 Å². The summed E-state index contributed by atoms with van der Waals surface area (Å²) in [5.74, 6) is 0.0563. The van der Waals surface area contributed by atoms with Gasteiger partial charge in [0, 0.05) is 18.5 Å². The number of hydrogen-bond donors (Lipinski definition) is 1. The Hall–Kier alpha value is -2.24. The molecule has 1 heterocycles.